The molecule has 0 bridgehead atoms. The molecule has 18 N–H and O–H groups in total. The van der Waals surface area contributed by atoms with E-state index in [1.54, 1.807) is 12.4 Å². The zero-order valence-electron chi connectivity index (χ0n) is 23.5. The fourth-order valence-electron chi connectivity index (χ4n) is 2.69. The monoisotopic (exact) mass is 602 g/mol. The number of aromatic amines is 2. The van der Waals surface area contributed by atoms with Crippen molar-refractivity contribution in [1.82, 2.24) is 19.9 Å². The van der Waals surface area contributed by atoms with E-state index in [1.165, 1.54) is 12.7 Å². The second-order valence-corrected chi connectivity index (χ2v) is 8.88. The SMILES string of the molecule is NCCCC[C@H](N)C(=O)O.NCCCC[C@H](N)C(=O)O.N[C@@H](Cc1c[nH]cn1)C(=O)O.N[C@@H](Cc1c[nH]cn1)C(=O)O. The second kappa shape index (κ2) is 24.8. The van der Waals surface area contributed by atoms with Gasteiger partial charge in [0.15, 0.2) is 0 Å². The third-order valence-electron chi connectivity index (χ3n) is 5.18. The van der Waals surface area contributed by atoms with E-state index in [2.05, 4.69) is 19.9 Å². The molecule has 0 amide bonds. The summed E-state index contributed by atoms with van der Waals surface area (Å²) in [6.07, 6.45) is 11.1. The predicted octanol–water partition coefficient (Wildman–Crippen LogP) is -2.22. The average molecular weight is 603 g/mol. The molecule has 0 radical (unpaired) electrons. The van der Waals surface area contributed by atoms with E-state index < -0.39 is 48.0 Å². The molecule has 18 nitrogen and oxygen atoms in total. The Balaban J connectivity index is 0. The van der Waals surface area contributed by atoms with E-state index >= 15 is 0 Å². The Morgan fingerprint density at radius 3 is 1.12 bits per heavy atom. The summed E-state index contributed by atoms with van der Waals surface area (Å²) in [7, 11) is 0. The summed E-state index contributed by atoms with van der Waals surface area (Å²) < 4.78 is 0. The maximum absolute atomic E-state index is 10.3. The lowest BCUT2D eigenvalue weighted by molar-refractivity contribution is -0.139. The Labute approximate surface area is 243 Å². The molecule has 2 aromatic rings. The Morgan fingerprint density at radius 1 is 0.595 bits per heavy atom. The van der Waals surface area contributed by atoms with Gasteiger partial charge in [-0.05, 0) is 38.8 Å². The highest BCUT2D eigenvalue weighted by Gasteiger charge is 2.13. The molecule has 18 heteroatoms. The number of nitrogens with one attached hydrogen (secondary N) is 2. The van der Waals surface area contributed by atoms with Gasteiger partial charge in [0, 0.05) is 25.2 Å². The largest absolute Gasteiger partial charge is 0.480 e. The van der Waals surface area contributed by atoms with Crippen molar-refractivity contribution in [3.63, 3.8) is 0 Å². The summed E-state index contributed by atoms with van der Waals surface area (Å²) in [4.78, 5) is 53.9. The highest BCUT2D eigenvalue weighted by Crippen LogP contribution is 1.98. The number of nitrogens with two attached hydrogens (primary N) is 6. The maximum Gasteiger partial charge on any atom is 0.320 e. The number of nitrogens with zero attached hydrogens (tertiary/aromatic N) is 2. The fourth-order valence-corrected chi connectivity index (χ4v) is 2.69. The number of H-pyrrole nitrogens is 2. The number of unbranched alkanes of at least 4 members (excludes halogenated alkanes) is 2. The molecule has 0 saturated heterocycles. The van der Waals surface area contributed by atoms with Crippen LogP contribution in [0.2, 0.25) is 0 Å². The van der Waals surface area contributed by atoms with E-state index in [-0.39, 0.29) is 12.8 Å². The van der Waals surface area contributed by atoms with Gasteiger partial charge in [-0.25, -0.2) is 9.97 Å². The van der Waals surface area contributed by atoms with Crippen LogP contribution in [0.1, 0.15) is 49.9 Å². The molecule has 240 valence electrons. The smallest absolute Gasteiger partial charge is 0.320 e. The number of rotatable bonds is 16. The van der Waals surface area contributed by atoms with Crippen LogP contribution in [0.5, 0.6) is 0 Å². The topological polar surface area (TPSA) is 363 Å². The first-order valence-electron chi connectivity index (χ1n) is 13.1. The molecule has 2 heterocycles. The van der Waals surface area contributed by atoms with E-state index in [0.29, 0.717) is 37.3 Å². The summed E-state index contributed by atoms with van der Waals surface area (Å²) in [6, 6.07) is -3.16. The summed E-state index contributed by atoms with van der Waals surface area (Å²) in [5.74, 6) is -3.88. The fraction of sp³-hybridized carbons (Fsp3) is 0.583. The molecular formula is C24H46N10O8. The lowest BCUT2D eigenvalue weighted by Gasteiger charge is -2.03. The van der Waals surface area contributed by atoms with Crippen molar-refractivity contribution in [2.45, 2.75) is 75.5 Å². The third kappa shape index (κ3) is 22.8. The van der Waals surface area contributed by atoms with Crippen LogP contribution in [0.4, 0.5) is 0 Å². The van der Waals surface area contributed by atoms with Crippen molar-refractivity contribution < 1.29 is 39.6 Å². The molecule has 4 atom stereocenters. The predicted molar refractivity (Wildman–Crippen MR) is 153 cm³/mol. The summed E-state index contributed by atoms with van der Waals surface area (Å²) >= 11 is 0. The lowest BCUT2D eigenvalue weighted by atomic mass is 10.1. The molecule has 0 aromatic carbocycles. The van der Waals surface area contributed by atoms with Crippen molar-refractivity contribution in [1.29, 1.82) is 0 Å². The minimum atomic E-state index is -1.01. The normalized spacial score (nSPS) is 12.9. The molecule has 2 aromatic heterocycles. The van der Waals surface area contributed by atoms with Crippen molar-refractivity contribution in [3.05, 3.63) is 36.4 Å². The Morgan fingerprint density at radius 2 is 0.905 bits per heavy atom. The van der Waals surface area contributed by atoms with Crippen molar-refractivity contribution >= 4 is 23.9 Å². The number of hydrogen-bond donors (Lipinski definition) is 12. The van der Waals surface area contributed by atoms with E-state index in [0.717, 1.165) is 25.7 Å². The van der Waals surface area contributed by atoms with Gasteiger partial charge in [-0.1, -0.05) is 12.8 Å². The van der Waals surface area contributed by atoms with Crippen LogP contribution in [-0.4, -0.2) is 101 Å². The number of aliphatic carboxylic acids is 4. The van der Waals surface area contributed by atoms with Crippen LogP contribution in [0.15, 0.2) is 25.0 Å². The van der Waals surface area contributed by atoms with Gasteiger partial charge in [-0.3, -0.25) is 19.2 Å². The first-order chi connectivity index (χ1) is 19.8. The molecule has 0 aliphatic rings. The number of aromatic nitrogens is 4. The maximum atomic E-state index is 10.3. The molecule has 0 saturated carbocycles. The Hall–Kier alpha value is -3.94. The molecule has 2 rings (SSSR count). The van der Waals surface area contributed by atoms with E-state index in [4.69, 9.17) is 54.8 Å². The first kappa shape index (κ1) is 40.2. The molecular weight excluding hydrogens is 556 g/mol. The van der Waals surface area contributed by atoms with E-state index in [1.807, 2.05) is 0 Å². The highest BCUT2D eigenvalue weighted by atomic mass is 16.4. The number of hydrogen-bond acceptors (Lipinski definition) is 12. The molecule has 0 spiro atoms. The number of carboxylic acid groups (broad SMARTS) is 4. The first-order valence-corrected chi connectivity index (χ1v) is 13.1. The third-order valence-corrected chi connectivity index (χ3v) is 5.18. The zero-order valence-corrected chi connectivity index (χ0v) is 23.5. The van der Waals surface area contributed by atoms with Crippen molar-refractivity contribution in [2.24, 2.45) is 34.4 Å². The number of carboxylic acids is 4. The van der Waals surface area contributed by atoms with Gasteiger partial charge in [0.25, 0.3) is 0 Å². The van der Waals surface area contributed by atoms with Gasteiger partial charge < -0.3 is 64.8 Å². The Kier molecular flexibility index (Phi) is 23.8. The van der Waals surface area contributed by atoms with Crippen LogP contribution < -0.4 is 34.4 Å². The Bertz CT molecular complexity index is 898. The molecule has 42 heavy (non-hydrogen) atoms. The van der Waals surface area contributed by atoms with Gasteiger partial charge >= 0.3 is 23.9 Å². The molecule has 0 aliphatic heterocycles. The standard InChI is InChI=1S/2C6H9N3O2.2C6H14N2O2/c2*7-5(6(10)11)1-4-2-8-3-9-4;2*7-4-2-1-3-5(8)6(9)10/h2*2-3,5H,1,7H2,(H,8,9)(H,10,11);2*5H,1-4,7-8H2,(H,9,10)/t4*5-/m0000/s1. The highest BCUT2D eigenvalue weighted by molar-refractivity contribution is 5.74. The molecule has 0 unspecified atom stereocenters. The minimum Gasteiger partial charge on any atom is -0.480 e. The van der Waals surface area contributed by atoms with Gasteiger partial charge in [0.05, 0.1) is 24.0 Å². The van der Waals surface area contributed by atoms with Crippen LogP contribution in [0.25, 0.3) is 0 Å². The molecule has 0 fully saturated rings. The average Bonchev–Trinajstić information content (AvgIpc) is 3.64. The minimum absolute atomic E-state index is 0.263. The second-order valence-electron chi connectivity index (χ2n) is 8.88. The van der Waals surface area contributed by atoms with Crippen LogP contribution in [-0.2, 0) is 32.0 Å². The van der Waals surface area contributed by atoms with Crippen molar-refractivity contribution in [3.8, 4) is 0 Å². The van der Waals surface area contributed by atoms with Crippen molar-refractivity contribution in [2.75, 3.05) is 13.1 Å². The quantitative estimate of drug-likeness (QED) is 0.0905. The summed E-state index contributed by atoms with van der Waals surface area (Å²) in [5.41, 5.74) is 32.7. The van der Waals surface area contributed by atoms with Gasteiger partial charge in [-0.2, -0.15) is 0 Å². The zero-order chi connectivity index (χ0) is 32.5. The van der Waals surface area contributed by atoms with Crippen LogP contribution >= 0.6 is 0 Å². The summed E-state index contributed by atoms with van der Waals surface area (Å²) in [6.45, 7) is 1.21. The number of carbonyl (C=O) groups is 4. The van der Waals surface area contributed by atoms with E-state index in [9.17, 15) is 19.2 Å². The lowest BCUT2D eigenvalue weighted by Crippen LogP contribution is -2.32. The van der Waals surface area contributed by atoms with Crippen LogP contribution in [0, 0.1) is 0 Å². The summed E-state index contributed by atoms with van der Waals surface area (Å²) in [5, 5.41) is 33.5. The number of imidazole rings is 2. The van der Waals surface area contributed by atoms with Gasteiger partial charge in [0.1, 0.15) is 24.2 Å². The molecule has 0 aliphatic carbocycles. The van der Waals surface area contributed by atoms with Gasteiger partial charge in [0.2, 0.25) is 0 Å². The van der Waals surface area contributed by atoms with Crippen LogP contribution in [0.3, 0.4) is 0 Å². The van der Waals surface area contributed by atoms with Gasteiger partial charge in [-0.15, -0.1) is 0 Å².